The SMILES string of the molecule is CO[C@H](/C=C/C(=O)O)[C@H](OC(=O)Nc1ccc(C#N)cc1)c1ccc(O)c2ccccc12. The Morgan fingerprint density at radius 2 is 1.75 bits per heavy atom. The van der Waals surface area contributed by atoms with E-state index in [2.05, 4.69) is 5.32 Å². The molecule has 0 aliphatic heterocycles. The average Bonchev–Trinajstić information content (AvgIpc) is 2.79. The fraction of sp³-hybridized carbons (Fsp3) is 0.125. The van der Waals surface area contributed by atoms with Crippen LogP contribution in [0.1, 0.15) is 17.2 Å². The highest BCUT2D eigenvalue weighted by atomic mass is 16.6. The quantitative estimate of drug-likeness (QED) is 0.473. The molecule has 0 saturated carbocycles. The molecule has 3 rings (SSSR count). The molecule has 0 fully saturated rings. The molecule has 2 atom stereocenters. The van der Waals surface area contributed by atoms with Crippen molar-refractivity contribution in [2.45, 2.75) is 12.2 Å². The van der Waals surface area contributed by atoms with E-state index in [9.17, 15) is 14.7 Å². The first-order valence-electron chi connectivity index (χ1n) is 9.55. The molecule has 8 heteroatoms. The van der Waals surface area contributed by atoms with Crippen molar-refractivity contribution in [3.05, 3.63) is 83.9 Å². The fourth-order valence-corrected chi connectivity index (χ4v) is 3.23. The van der Waals surface area contributed by atoms with Gasteiger partial charge in [0, 0.05) is 29.8 Å². The fourth-order valence-electron chi connectivity index (χ4n) is 3.23. The van der Waals surface area contributed by atoms with E-state index in [1.54, 1.807) is 54.6 Å². The number of carboxylic acid groups (broad SMARTS) is 1. The third-order valence-electron chi connectivity index (χ3n) is 4.73. The smallest absolute Gasteiger partial charge is 0.412 e. The largest absolute Gasteiger partial charge is 0.507 e. The van der Waals surface area contributed by atoms with E-state index >= 15 is 0 Å². The highest BCUT2D eigenvalue weighted by Crippen LogP contribution is 2.35. The lowest BCUT2D eigenvalue weighted by Gasteiger charge is -2.25. The summed E-state index contributed by atoms with van der Waals surface area (Å²) >= 11 is 0. The second kappa shape index (κ2) is 10.1. The van der Waals surface area contributed by atoms with E-state index in [-0.39, 0.29) is 5.75 Å². The number of carboxylic acids is 1. The van der Waals surface area contributed by atoms with Gasteiger partial charge in [0.05, 0.1) is 11.6 Å². The Morgan fingerprint density at radius 3 is 2.38 bits per heavy atom. The number of amides is 1. The van der Waals surface area contributed by atoms with Crippen molar-refractivity contribution < 1.29 is 29.3 Å². The summed E-state index contributed by atoms with van der Waals surface area (Å²) in [5, 5.41) is 31.9. The summed E-state index contributed by atoms with van der Waals surface area (Å²) in [6, 6.07) is 18.3. The van der Waals surface area contributed by atoms with Crippen LogP contribution in [0.5, 0.6) is 5.75 Å². The Hall–Kier alpha value is -4.35. The summed E-state index contributed by atoms with van der Waals surface area (Å²) < 4.78 is 11.1. The van der Waals surface area contributed by atoms with Gasteiger partial charge in [-0.2, -0.15) is 5.26 Å². The summed E-state index contributed by atoms with van der Waals surface area (Å²) in [5.41, 5.74) is 1.38. The molecule has 32 heavy (non-hydrogen) atoms. The Labute approximate surface area is 183 Å². The van der Waals surface area contributed by atoms with E-state index in [1.807, 2.05) is 6.07 Å². The number of phenolic OH excluding ortho intramolecular Hbond substituents is 1. The van der Waals surface area contributed by atoms with E-state index in [0.717, 1.165) is 6.08 Å². The summed E-state index contributed by atoms with van der Waals surface area (Å²) in [4.78, 5) is 23.7. The van der Waals surface area contributed by atoms with Crippen LogP contribution < -0.4 is 5.32 Å². The number of fused-ring (bicyclic) bond motifs is 1. The third kappa shape index (κ3) is 5.22. The van der Waals surface area contributed by atoms with E-state index in [4.69, 9.17) is 19.8 Å². The van der Waals surface area contributed by atoms with Gasteiger partial charge < -0.3 is 19.7 Å². The Kier molecular flexibility index (Phi) is 7.06. The Bertz CT molecular complexity index is 1200. The summed E-state index contributed by atoms with van der Waals surface area (Å²) in [7, 11) is 1.37. The monoisotopic (exact) mass is 432 g/mol. The predicted molar refractivity (Wildman–Crippen MR) is 117 cm³/mol. The highest BCUT2D eigenvalue weighted by Gasteiger charge is 2.28. The number of hydrogen-bond donors (Lipinski definition) is 3. The zero-order chi connectivity index (χ0) is 23.1. The van der Waals surface area contributed by atoms with Crippen LogP contribution in [0.15, 0.2) is 72.8 Å². The maximum absolute atomic E-state index is 12.7. The van der Waals surface area contributed by atoms with Crippen LogP contribution in [-0.4, -0.2) is 35.5 Å². The van der Waals surface area contributed by atoms with Crippen molar-refractivity contribution in [2.75, 3.05) is 12.4 Å². The second-order valence-electron chi connectivity index (χ2n) is 6.76. The number of benzene rings is 3. The number of nitrogens with one attached hydrogen (secondary N) is 1. The molecule has 8 nitrogen and oxygen atoms in total. The standard InChI is InChI=1S/C24H20N2O6/c1-31-21(12-13-22(28)29)23(19-10-11-20(27)18-5-3-2-4-17(18)19)32-24(30)26-16-8-6-15(14-25)7-9-16/h2-13,21,23,27H,1H3,(H,26,30)(H,28,29)/b13-12+/t21-,23-/m1/s1. The minimum atomic E-state index is -1.18. The number of anilines is 1. The molecule has 0 aromatic heterocycles. The topological polar surface area (TPSA) is 129 Å². The molecule has 0 aliphatic carbocycles. The maximum Gasteiger partial charge on any atom is 0.412 e. The van der Waals surface area contributed by atoms with Crippen LogP contribution in [-0.2, 0) is 14.3 Å². The number of nitriles is 1. The molecular formula is C24H20N2O6. The Balaban J connectivity index is 1.97. The van der Waals surface area contributed by atoms with E-state index < -0.39 is 24.3 Å². The lowest BCUT2D eigenvalue weighted by molar-refractivity contribution is -0.131. The van der Waals surface area contributed by atoms with Crippen molar-refractivity contribution in [3.8, 4) is 11.8 Å². The van der Waals surface area contributed by atoms with Gasteiger partial charge in [-0.1, -0.05) is 30.3 Å². The molecule has 0 bridgehead atoms. The van der Waals surface area contributed by atoms with E-state index in [0.29, 0.717) is 27.6 Å². The lowest BCUT2D eigenvalue weighted by Crippen LogP contribution is -2.27. The van der Waals surface area contributed by atoms with Crippen LogP contribution in [0.4, 0.5) is 10.5 Å². The number of carbonyl (C=O) groups is 2. The molecule has 0 spiro atoms. The van der Waals surface area contributed by atoms with Crippen LogP contribution in [0.2, 0.25) is 0 Å². The molecule has 162 valence electrons. The van der Waals surface area contributed by atoms with Gasteiger partial charge in [0.25, 0.3) is 0 Å². The molecule has 3 N–H and O–H groups in total. The van der Waals surface area contributed by atoms with Crippen molar-refractivity contribution in [1.82, 2.24) is 0 Å². The molecule has 0 radical (unpaired) electrons. The highest BCUT2D eigenvalue weighted by molar-refractivity contribution is 5.92. The van der Waals surface area contributed by atoms with Gasteiger partial charge in [0.1, 0.15) is 11.9 Å². The Morgan fingerprint density at radius 1 is 1.06 bits per heavy atom. The number of methoxy groups -OCH3 is 1. The van der Waals surface area contributed by atoms with Crippen molar-refractivity contribution >= 4 is 28.5 Å². The number of hydrogen-bond acceptors (Lipinski definition) is 6. The second-order valence-corrected chi connectivity index (χ2v) is 6.76. The number of rotatable bonds is 7. The van der Waals surface area contributed by atoms with Crippen LogP contribution in [0.3, 0.4) is 0 Å². The minimum absolute atomic E-state index is 0.0557. The number of aromatic hydroxyl groups is 1. The van der Waals surface area contributed by atoms with Gasteiger partial charge in [-0.05, 0) is 41.8 Å². The number of carbonyl (C=O) groups excluding carboxylic acids is 1. The molecule has 3 aromatic carbocycles. The number of phenols is 1. The molecule has 0 unspecified atom stereocenters. The first-order valence-corrected chi connectivity index (χ1v) is 9.55. The zero-order valence-electron chi connectivity index (χ0n) is 17.1. The normalized spacial score (nSPS) is 12.8. The number of ether oxygens (including phenoxy) is 2. The van der Waals surface area contributed by atoms with Gasteiger partial charge >= 0.3 is 12.1 Å². The number of aliphatic carboxylic acids is 1. The summed E-state index contributed by atoms with van der Waals surface area (Å²) in [6.07, 6.45) is -0.567. The van der Waals surface area contributed by atoms with Gasteiger partial charge in [-0.25, -0.2) is 9.59 Å². The maximum atomic E-state index is 12.7. The van der Waals surface area contributed by atoms with Crippen molar-refractivity contribution in [2.24, 2.45) is 0 Å². The first-order chi connectivity index (χ1) is 15.4. The summed E-state index contributed by atoms with van der Waals surface area (Å²) in [5.74, 6) is -1.12. The van der Waals surface area contributed by atoms with Gasteiger partial charge in [0.2, 0.25) is 0 Å². The summed E-state index contributed by atoms with van der Waals surface area (Å²) in [6.45, 7) is 0. The van der Waals surface area contributed by atoms with E-state index in [1.165, 1.54) is 19.3 Å². The molecular weight excluding hydrogens is 412 g/mol. The first kappa shape index (κ1) is 22.3. The van der Waals surface area contributed by atoms with Crippen LogP contribution >= 0.6 is 0 Å². The van der Waals surface area contributed by atoms with Crippen molar-refractivity contribution in [1.29, 1.82) is 5.26 Å². The van der Waals surface area contributed by atoms with Crippen molar-refractivity contribution in [3.63, 3.8) is 0 Å². The average molecular weight is 432 g/mol. The van der Waals surface area contributed by atoms with Crippen LogP contribution in [0.25, 0.3) is 10.8 Å². The van der Waals surface area contributed by atoms with Gasteiger partial charge in [-0.3, -0.25) is 5.32 Å². The molecule has 3 aromatic rings. The van der Waals surface area contributed by atoms with Gasteiger partial charge in [-0.15, -0.1) is 0 Å². The molecule has 0 heterocycles. The molecule has 1 amide bonds. The van der Waals surface area contributed by atoms with Gasteiger partial charge in [0.15, 0.2) is 6.10 Å². The number of nitrogens with zero attached hydrogens (tertiary/aromatic N) is 1. The lowest BCUT2D eigenvalue weighted by atomic mass is 9.96. The zero-order valence-corrected chi connectivity index (χ0v) is 17.1. The van der Waals surface area contributed by atoms with Crippen LogP contribution in [0, 0.1) is 11.3 Å². The minimum Gasteiger partial charge on any atom is -0.507 e. The predicted octanol–water partition coefficient (Wildman–Crippen LogP) is 4.36. The molecule has 0 saturated heterocycles. The molecule has 0 aliphatic rings. The third-order valence-corrected chi connectivity index (χ3v) is 4.73.